The van der Waals surface area contributed by atoms with Crippen molar-refractivity contribution in [2.45, 2.75) is 24.8 Å². The fraction of sp³-hybridized carbons (Fsp3) is 0.500. The second kappa shape index (κ2) is 4.97. The molecule has 1 saturated heterocycles. The Morgan fingerprint density at radius 1 is 1.47 bits per heavy atom. The van der Waals surface area contributed by atoms with E-state index in [1.807, 2.05) is 18.2 Å². The van der Waals surface area contributed by atoms with Crippen LogP contribution < -0.4 is 11.1 Å². The van der Waals surface area contributed by atoms with Gasteiger partial charge in [0.15, 0.2) is 0 Å². The van der Waals surface area contributed by atoms with E-state index >= 15 is 0 Å². The summed E-state index contributed by atoms with van der Waals surface area (Å²) in [7, 11) is 0. The molecule has 0 saturated carbocycles. The maximum Gasteiger partial charge on any atom is 0.0441 e. The van der Waals surface area contributed by atoms with Crippen LogP contribution in [0.25, 0.3) is 0 Å². The van der Waals surface area contributed by atoms with E-state index in [1.54, 1.807) is 0 Å². The minimum atomic E-state index is 0.348. The minimum Gasteiger partial charge on any atom is -0.330 e. The molecule has 1 heterocycles. The molecule has 1 aromatic carbocycles. The summed E-state index contributed by atoms with van der Waals surface area (Å²) in [6.45, 7) is 1.76. The summed E-state index contributed by atoms with van der Waals surface area (Å²) in [5, 5.41) is 4.33. The van der Waals surface area contributed by atoms with Crippen molar-refractivity contribution in [1.29, 1.82) is 0 Å². The van der Waals surface area contributed by atoms with Gasteiger partial charge in [-0.25, -0.2) is 0 Å². The number of hydrogen-bond acceptors (Lipinski definition) is 2. The Morgan fingerprint density at radius 2 is 2.27 bits per heavy atom. The molecule has 0 radical (unpaired) electrons. The first-order valence-corrected chi connectivity index (χ1v) is 5.88. The summed E-state index contributed by atoms with van der Waals surface area (Å²) in [4.78, 5) is 0. The van der Waals surface area contributed by atoms with Crippen molar-refractivity contribution in [3.8, 4) is 0 Å². The normalized spacial score (nSPS) is 22.9. The van der Waals surface area contributed by atoms with Gasteiger partial charge in [-0.1, -0.05) is 29.8 Å². The van der Waals surface area contributed by atoms with Gasteiger partial charge in [0.05, 0.1) is 0 Å². The molecular formula is C12H17ClN2. The molecule has 15 heavy (non-hydrogen) atoms. The standard InChI is InChI=1S/C12H17ClN2/c13-11-5-2-1-4-9(11)10(8-14)12-6-3-7-15-12/h1-2,4-5,10,12,15H,3,6-8,14H2. The molecule has 1 aliphatic rings. The Bertz CT molecular complexity index is 321. The topological polar surface area (TPSA) is 38.0 Å². The van der Waals surface area contributed by atoms with Crippen LogP contribution in [0.5, 0.6) is 0 Å². The van der Waals surface area contributed by atoms with E-state index < -0.39 is 0 Å². The predicted molar refractivity (Wildman–Crippen MR) is 64.3 cm³/mol. The Balaban J connectivity index is 2.22. The lowest BCUT2D eigenvalue weighted by Gasteiger charge is -2.23. The van der Waals surface area contributed by atoms with Crippen molar-refractivity contribution < 1.29 is 0 Å². The second-order valence-electron chi connectivity index (χ2n) is 4.07. The second-order valence-corrected chi connectivity index (χ2v) is 4.47. The maximum absolute atomic E-state index is 6.19. The largest absolute Gasteiger partial charge is 0.330 e. The monoisotopic (exact) mass is 224 g/mol. The van der Waals surface area contributed by atoms with E-state index in [-0.39, 0.29) is 0 Å². The summed E-state index contributed by atoms with van der Waals surface area (Å²) < 4.78 is 0. The zero-order valence-electron chi connectivity index (χ0n) is 8.75. The van der Waals surface area contributed by atoms with Crippen LogP contribution in [0.4, 0.5) is 0 Å². The maximum atomic E-state index is 6.19. The molecule has 2 unspecified atom stereocenters. The zero-order chi connectivity index (χ0) is 10.7. The van der Waals surface area contributed by atoms with Gasteiger partial charge >= 0.3 is 0 Å². The van der Waals surface area contributed by atoms with Crippen LogP contribution in [0.2, 0.25) is 5.02 Å². The van der Waals surface area contributed by atoms with E-state index in [1.165, 1.54) is 18.4 Å². The predicted octanol–water partition coefficient (Wildman–Crippen LogP) is 2.13. The average Bonchev–Trinajstić information content (AvgIpc) is 2.75. The van der Waals surface area contributed by atoms with E-state index in [4.69, 9.17) is 17.3 Å². The van der Waals surface area contributed by atoms with Crippen LogP contribution in [0.1, 0.15) is 24.3 Å². The third-order valence-corrected chi connectivity index (χ3v) is 3.49. The van der Waals surface area contributed by atoms with Gasteiger partial charge in [-0.15, -0.1) is 0 Å². The fourth-order valence-electron chi connectivity index (χ4n) is 2.34. The first-order valence-electron chi connectivity index (χ1n) is 5.51. The lowest BCUT2D eigenvalue weighted by molar-refractivity contribution is 0.495. The van der Waals surface area contributed by atoms with E-state index in [9.17, 15) is 0 Å². The van der Waals surface area contributed by atoms with Crippen LogP contribution >= 0.6 is 11.6 Å². The molecule has 1 fully saturated rings. The minimum absolute atomic E-state index is 0.348. The first kappa shape index (κ1) is 10.9. The molecule has 2 nitrogen and oxygen atoms in total. The molecule has 0 aliphatic carbocycles. The van der Waals surface area contributed by atoms with Crippen molar-refractivity contribution in [2.24, 2.45) is 5.73 Å². The van der Waals surface area contributed by atoms with Gasteiger partial charge in [-0.05, 0) is 31.0 Å². The molecule has 1 aromatic rings. The molecule has 0 aromatic heterocycles. The van der Waals surface area contributed by atoms with Crippen LogP contribution in [0.15, 0.2) is 24.3 Å². The lowest BCUT2D eigenvalue weighted by atomic mass is 9.90. The van der Waals surface area contributed by atoms with Crippen molar-refractivity contribution in [2.75, 3.05) is 13.1 Å². The number of nitrogens with two attached hydrogens (primary N) is 1. The average molecular weight is 225 g/mol. The highest BCUT2D eigenvalue weighted by Gasteiger charge is 2.25. The summed E-state index contributed by atoms with van der Waals surface area (Å²) >= 11 is 6.19. The molecule has 2 rings (SSSR count). The van der Waals surface area contributed by atoms with Crippen LogP contribution in [0.3, 0.4) is 0 Å². The van der Waals surface area contributed by atoms with Gasteiger partial charge < -0.3 is 11.1 Å². The Morgan fingerprint density at radius 3 is 2.87 bits per heavy atom. The van der Waals surface area contributed by atoms with Gasteiger partial charge in [0.25, 0.3) is 0 Å². The number of hydrogen-bond donors (Lipinski definition) is 2. The summed E-state index contributed by atoms with van der Waals surface area (Å²) in [5.74, 6) is 0.348. The Labute approximate surface area is 95.8 Å². The van der Waals surface area contributed by atoms with Crippen molar-refractivity contribution in [1.82, 2.24) is 5.32 Å². The summed E-state index contributed by atoms with van der Waals surface area (Å²) in [6.07, 6.45) is 2.44. The van der Waals surface area contributed by atoms with Gasteiger partial charge in [-0.3, -0.25) is 0 Å². The molecular weight excluding hydrogens is 208 g/mol. The van der Waals surface area contributed by atoms with Crippen molar-refractivity contribution >= 4 is 11.6 Å². The molecule has 0 bridgehead atoms. The first-order chi connectivity index (χ1) is 7.33. The van der Waals surface area contributed by atoms with E-state index in [2.05, 4.69) is 11.4 Å². The molecule has 82 valence electrons. The molecule has 1 aliphatic heterocycles. The Hall–Kier alpha value is -0.570. The molecule has 0 spiro atoms. The van der Waals surface area contributed by atoms with Gasteiger partial charge in [0.2, 0.25) is 0 Å². The van der Waals surface area contributed by atoms with E-state index in [0.717, 1.165) is 11.6 Å². The van der Waals surface area contributed by atoms with Gasteiger partial charge in [0, 0.05) is 23.5 Å². The fourth-order valence-corrected chi connectivity index (χ4v) is 2.61. The Kier molecular flexibility index (Phi) is 3.62. The van der Waals surface area contributed by atoms with Crippen LogP contribution in [-0.4, -0.2) is 19.1 Å². The van der Waals surface area contributed by atoms with E-state index in [0.29, 0.717) is 18.5 Å². The number of rotatable bonds is 3. The quantitative estimate of drug-likeness (QED) is 0.826. The smallest absolute Gasteiger partial charge is 0.0441 e. The SMILES string of the molecule is NCC(c1ccccc1Cl)C1CCCN1. The van der Waals surface area contributed by atoms with Crippen molar-refractivity contribution in [3.63, 3.8) is 0 Å². The third kappa shape index (κ3) is 2.33. The number of nitrogens with one attached hydrogen (secondary N) is 1. The lowest BCUT2D eigenvalue weighted by Crippen LogP contribution is -2.33. The summed E-state index contributed by atoms with van der Waals surface area (Å²) in [5.41, 5.74) is 7.04. The van der Waals surface area contributed by atoms with Crippen LogP contribution in [-0.2, 0) is 0 Å². The highest BCUT2D eigenvalue weighted by Crippen LogP contribution is 2.29. The molecule has 0 amide bonds. The third-order valence-electron chi connectivity index (χ3n) is 3.14. The number of halogens is 1. The molecule has 2 atom stereocenters. The van der Waals surface area contributed by atoms with Crippen molar-refractivity contribution in [3.05, 3.63) is 34.9 Å². The zero-order valence-corrected chi connectivity index (χ0v) is 9.50. The summed E-state index contributed by atoms with van der Waals surface area (Å²) in [6, 6.07) is 8.50. The van der Waals surface area contributed by atoms with Gasteiger partial charge in [-0.2, -0.15) is 0 Å². The molecule has 3 heteroatoms. The molecule has 3 N–H and O–H groups in total. The highest BCUT2D eigenvalue weighted by atomic mass is 35.5. The van der Waals surface area contributed by atoms with Crippen LogP contribution in [0, 0.1) is 0 Å². The van der Waals surface area contributed by atoms with Gasteiger partial charge in [0.1, 0.15) is 0 Å². The highest BCUT2D eigenvalue weighted by molar-refractivity contribution is 6.31. The number of benzene rings is 1.